The summed E-state index contributed by atoms with van der Waals surface area (Å²) in [6.07, 6.45) is 5.61. The maximum Gasteiger partial charge on any atom is 0.326 e. The Bertz CT molecular complexity index is 777. The Morgan fingerprint density at radius 1 is 1.15 bits per heavy atom. The smallest absolute Gasteiger partial charge is 0.326 e. The Labute approximate surface area is 196 Å². The molecule has 0 spiro atoms. The number of hydrogen-bond donors (Lipinski definition) is 7. The molecule has 0 aliphatic carbocycles. The SMILES string of the molecule is CCC(C)C(NC(=O)C(CO)NC(=O)C(N)CCSC)C(=O)NC(Cc1cnc[nH]1)C(=O)O. The molecule has 5 unspecified atom stereocenters. The zero-order chi connectivity index (χ0) is 25.0. The first-order valence-corrected chi connectivity index (χ1v) is 12.0. The van der Waals surface area contributed by atoms with E-state index < -0.39 is 54.5 Å². The lowest BCUT2D eigenvalue weighted by molar-refractivity contribution is -0.142. The first-order valence-electron chi connectivity index (χ1n) is 10.6. The number of aliphatic hydroxyl groups is 1. The molecule has 1 heterocycles. The van der Waals surface area contributed by atoms with Crippen molar-refractivity contribution in [2.24, 2.45) is 11.7 Å². The fourth-order valence-electron chi connectivity index (χ4n) is 2.88. The van der Waals surface area contributed by atoms with Crippen LogP contribution in [-0.2, 0) is 25.6 Å². The summed E-state index contributed by atoms with van der Waals surface area (Å²) >= 11 is 1.52. The molecule has 0 bridgehead atoms. The summed E-state index contributed by atoms with van der Waals surface area (Å²) in [5, 5.41) is 26.5. The zero-order valence-corrected chi connectivity index (χ0v) is 19.9. The van der Waals surface area contributed by atoms with Crippen LogP contribution in [-0.4, -0.2) is 86.7 Å². The summed E-state index contributed by atoms with van der Waals surface area (Å²) in [4.78, 5) is 56.1. The number of nitrogens with two attached hydrogens (primary N) is 1. The van der Waals surface area contributed by atoms with Crippen LogP contribution in [0.3, 0.4) is 0 Å². The minimum atomic E-state index is -1.31. The number of aromatic nitrogens is 2. The van der Waals surface area contributed by atoms with Gasteiger partial charge in [-0.15, -0.1) is 0 Å². The van der Waals surface area contributed by atoms with E-state index in [9.17, 15) is 29.4 Å². The Hall–Kier alpha value is -2.64. The third-order valence-electron chi connectivity index (χ3n) is 5.17. The van der Waals surface area contributed by atoms with Gasteiger partial charge in [-0.3, -0.25) is 14.4 Å². The number of thioether (sulfide) groups is 1. The largest absolute Gasteiger partial charge is 0.480 e. The number of amides is 3. The molecule has 0 aliphatic heterocycles. The van der Waals surface area contributed by atoms with Gasteiger partial charge < -0.3 is 36.9 Å². The Balaban J connectivity index is 2.86. The Morgan fingerprint density at radius 2 is 1.82 bits per heavy atom. The predicted octanol–water partition coefficient (Wildman–Crippen LogP) is -1.39. The first-order chi connectivity index (χ1) is 15.6. The maximum atomic E-state index is 12.9. The van der Waals surface area contributed by atoms with Crippen LogP contribution in [0.15, 0.2) is 12.5 Å². The number of imidazole rings is 1. The summed E-state index contributed by atoms with van der Waals surface area (Å²) in [5.41, 5.74) is 6.32. The molecule has 0 saturated heterocycles. The fourth-order valence-corrected chi connectivity index (χ4v) is 3.37. The third kappa shape index (κ3) is 9.40. The minimum Gasteiger partial charge on any atom is -0.480 e. The zero-order valence-electron chi connectivity index (χ0n) is 19.0. The highest BCUT2D eigenvalue weighted by atomic mass is 32.2. The number of carboxylic acids is 1. The van der Waals surface area contributed by atoms with E-state index in [1.165, 1.54) is 24.3 Å². The molecule has 33 heavy (non-hydrogen) atoms. The van der Waals surface area contributed by atoms with Crippen molar-refractivity contribution in [3.8, 4) is 0 Å². The molecule has 0 fully saturated rings. The van der Waals surface area contributed by atoms with Gasteiger partial charge >= 0.3 is 5.97 Å². The number of hydrogen-bond acceptors (Lipinski definition) is 8. The maximum absolute atomic E-state index is 12.9. The molecule has 8 N–H and O–H groups in total. The van der Waals surface area contributed by atoms with E-state index in [0.29, 0.717) is 24.3 Å². The summed E-state index contributed by atoms with van der Waals surface area (Å²) in [5.74, 6) is -2.99. The second kappa shape index (κ2) is 14.5. The highest BCUT2D eigenvalue weighted by molar-refractivity contribution is 7.98. The number of aliphatic carboxylic acids is 1. The second-order valence-electron chi connectivity index (χ2n) is 7.68. The summed E-state index contributed by atoms with van der Waals surface area (Å²) in [6.45, 7) is 2.84. The van der Waals surface area contributed by atoms with Crippen molar-refractivity contribution >= 4 is 35.5 Å². The van der Waals surface area contributed by atoms with Gasteiger partial charge in [-0.25, -0.2) is 9.78 Å². The first kappa shape index (κ1) is 28.4. The monoisotopic (exact) mass is 486 g/mol. The van der Waals surface area contributed by atoms with Crippen molar-refractivity contribution < 1.29 is 29.4 Å². The van der Waals surface area contributed by atoms with Crippen LogP contribution in [0.4, 0.5) is 0 Å². The number of carbonyl (C=O) groups is 4. The van der Waals surface area contributed by atoms with Crippen molar-refractivity contribution in [3.05, 3.63) is 18.2 Å². The van der Waals surface area contributed by atoms with Gasteiger partial charge in [0.05, 0.1) is 19.0 Å². The number of carbonyl (C=O) groups excluding carboxylic acids is 3. The molecule has 0 radical (unpaired) electrons. The van der Waals surface area contributed by atoms with Gasteiger partial charge in [-0.1, -0.05) is 20.3 Å². The molecule has 0 saturated carbocycles. The van der Waals surface area contributed by atoms with E-state index in [2.05, 4.69) is 25.9 Å². The van der Waals surface area contributed by atoms with Crippen LogP contribution in [0.5, 0.6) is 0 Å². The van der Waals surface area contributed by atoms with Crippen LogP contribution in [0, 0.1) is 5.92 Å². The second-order valence-corrected chi connectivity index (χ2v) is 8.67. The lowest BCUT2D eigenvalue weighted by Crippen LogP contribution is -2.59. The van der Waals surface area contributed by atoms with Gasteiger partial charge in [-0.05, 0) is 24.3 Å². The summed E-state index contributed by atoms with van der Waals surface area (Å²) in [6, 6.07) is -4.48. The molecule has 186 valence electrons. The molecule has 0 aliphatic rings. The summed E-state index contributed by atoms with van der Waals surface area (Å²) in [7, 11) is 0. The number of carboxylic acid groups (broad SMARTS) is 1. The predicted molar refractivity (Wildman–Crippen MR) is 123 cm³/mol. The number of aliphatic hydroxyl groups excluding tert-OH is 1. The van der Waals surface area contributed by atoms with Crippen molar-refractivity contribution in [1.82, 2.24) is 25.9 Å². The third-order valence-corrected chi connectivity index (χ3v) is 5.82. The number of nitrogens with one attached hydrogen (secondary N) is 4. The topological polar surface area (TPSA) is 200 Å². The van der Waals surface area contributed by atoms with Crippen LogP contribution in [0.25, 0.3) is 0 Å². The number of rotatable bonds is 15. The van der Waals surface area contributed by atoms with E-state index in [4.69, 9.17) is 5.73 Å². The van der Waals surface area contributed by atoms with Crippen LogP contribution >= 0.6 is 11.8 Å². The van der Waals surface area contributed by atoms with Crippen molar-refractivity contribution in [2.45, 2.75) is 57.3 Å². The van der Waals surface area contributed by atoms with Crippen LogP contribution in [0.1, 0.15) is 32.4 Å². The van der Waals surface area contributed by atoms with Gasteiger partial charge in [0.1, 0.15) is 18.1 Å². The molecule has 1 rings (SSSR count). The Morgan fingerprint density at radius 3 is 2.33 bits per heavy atom. The van der Waals surface area contributed by atoms with E-state index >= 15 is 0 Å². The highest BCUT2D eigenvalue weighted by Crippen LogP contribution is 2.10. The molecular weight excluding hydrogens is 452 g/mol. The average molecular weight is 487 g/mol. The van der Waals surface area contributed by atoms with E-state index in [0.717, 1.165) is 0 Å². The lowest BCUT2D eigenvalue weighted by atomic mass is 9.97. The van der Waals surface area contributed by atoms with Gasteiger partial charge in [0.25, 0.3) is 0 Å². The standard InChI is InChI=1S/C20H34N6O6S/c1-4-11(2)16(19(30)24-14(20(31)32)7-12-8-22-10-23-12)26-18(29)15(9-27)25-17(28)13(21)5-6-33-3/h8,10-11,13-16,27H,4-7,9,21H2,1-3H3,(H,22,23)(H,24,30)(H,25,28)(H,26,29)(H,31,32). The molecule has 0 aromatic carbocycles. The highest BCUT2D eigenvalue weighted by Gasteiger charge is 2.32. The van der Waals surface area contributed by atoms with E-state index in [1.54, 1.807) is 6.92 Å². The number of nitrogens with zero attached hydrogens (tertiary/aromatic N) is 1. The molecule has 3 amide bonds. The van der Waals surface area contributed by atoms with E-state index in [-0.39, 0.29) is 12.3 Å². The van der Waals surface area contributed by atoms with Crippen molar-refractivity contribution in [3.63, 3.8) is 0 Å². The van der Waals surface area contributed by atoms with Crippen LogP contribution in [0.2, 0.25) is 0 Å². The molecule has 12 nitrogen and oxygen atoms in total. The van der Waals surface area contributed by atoms with Crippen molar-refractivity contribution in [2.75, 3.05) is 18.6 Å². The number of aromatic amines is 1. The molecule has 1 aromatic rings. The van der Waals surface area contributed by atoms with E-state index in [1.807, 2.05) is 13.2 Å². The summed E-state index contributed by atoms with van der Waals surface area (Å²) < 4.78 is 0. The quantitative estimate of drug-likeness (QED) is 0.156. The van der Waals surface area contributed by atoms with Gasteiger partial charge in [0.2, 0.25) is 17.7 Å². The Kier molecular flexibility index (Phi) is 12.5. The molecule has 1 aromatic heterocycles. The lowest BCUT2D eigenvalue weighted by Gasteiger charge is -2.27. The van der Waals surface area contributed by atoms with Crippen LogP contribution < -0.4 is 21.7 Å². The minimum absolute atomic E-state index is 0.0223. The van der Waals surface area contributed by atoms with Gasteiger partial charge in [-0.2, -0.15) is 11.8 Å². The average Bonchev–Trinajstić information content (AvgIpc) is 3.30. The number of H-pyrrole nitrogens is 1. The normalized spacial score (nSPS) is 15.5. The molecular formula is C20H34N6O6S. The van der Waals surface area contributed by atoms with Crippen molar-refractivity contribution in [1.29, 1.82) is 0 Å². The fraction of sp³-hybridized carbons (Fsp3) is 0.650. The van der Waals surface area contributed by atoms with Gasteiger partial charge in [0, 0.05) is 18.3 Å². The van der Waals surface area contributed by atoms with Gasteiger partial charge in [0.15, 0.2) is 0 Å². The molecule has 13 heteroatoms. The molecule has 5 atom stereocenters.